The molecule has 0 aromatic heterocycles. The van der Waals surface area contributed by atoms with E-state index in [2.05, 4.69) is 0 Å². The number of rotatable bonds is 5. The molecule has 0 saturated carbocycles. The van der Waals surface area contributed by atoms with Gasteiger partial charge < -0.3 is 14.4 Å². The summed E-state index contributed by atoms with van der Waals surface area (Å²) in [6, 6.07) is 5.68. The van der Waals surface area contributed by atoms with Crippen molar-refractivity contribution in [2.24, 2.45) is 5.41 Å². The zero-order chi connectivity index (χ0) is 16.3. The molecule has 0 aliphatic carbocycles. The average molecular weight is 344 g/mol. The first-order valence-electron chi connectivity index (χ1n) is 7.15. The van der Waals surface area contributed by atoms with Crippen LogP contribution in [0.3, 0.4) is 0 Å². The summed E-state index contributed by atoms with van der Waals surface area (Å²) in [5.41, 5.74) is 0.389. The van der Waals surface area contributed by atoms with Gasteiger partial charge in [0.05, 0.1) is 19.6 Å². The van der Waals surface area contributed by atoms with Gasteiger partial charge in [0.15, 0.2) is 0 Å². The van der Waals surface area contributed by atoms with Crippen molar-refractivity contribution in [3.05, 3.63) is 23.8 Å². The van der Waals surface area contributed by atoms with Crippen molar-refractivity contribution in [3.8, 4) is 11.5 Å². The first-order valence-corrected chi connectivity index (χ1v) is 8.73. The second-order valence-electron chi connectivity index (χ2n) is 5.85. The van der Waals surface area contributed by atoms with E-state index in [1.165, 1.54) is 0 Å². The van der Waals surface area contributed by atoms with Crippen LogP contribution in [-0.4, -0.2) is 43.2 Å². The lowest BCUT2D eigenvalue weighted by atomic mass is 9.94. The molecule has 1 atom stereocenters. The molecule has 1 fully saturated rings. The summed E-state index contributed by atoms with van der Waals surface area (Å²) in [6.07, 6.45) is 0. The number of nitrogens with zero attached hydrogens (tertiary/aromatic N) is 1. The molecule has 1 saturated heterocycles. The summed E-state index contributed by atoms with van der Waals surface area (Å²) in [5.74, 6) is 2.79. The number of benzene rings is 1. The zero-order valence-corrected chi connectivity index (χ0v) is 15.0. The van der Waals surface area contributed by atoms with E-state index >= 15 is 0 Å². The van der Waals surface area contributed by atoms with E-state index in [1.807, 2.05) is 36.9 Å². The van der Waals surface area contributed by atoms with Gasteiger partial charge in [0, 0.05) is 23.7 Å². The van der Waals surface area contributed by atoms with Crippen molar-refractivity contribution in [3.63, 3.8) is 0 Å². The molecule has 22 heavy (non-hydrogen) atoms. The minimum absolute atomic E-state index is 0.0694. The molecule has 1 heterocycles. The van der Waals surface area contributed by atoms with Crippen molar-refractivity contribution < 1.29 is 14.3 Å². The highest BCUT2D eigenvalue weighted by molar-refractivity contribution is 7.99. The Morgan fingerprint density at radius 1 is 1.41 bits per heavy atom. The van der Waals surface area contributed by atoms with Crippen LogP contribution in [0.15, 0.2) is 18.2 Å². The average Bonchev–Trinajstić information content (AvgIpc) is 3.02. The SMILES string of the molecule is COc1ccc(OC)c(C2SCCN2C(=O)C(C)(C)CCl)c1. The number of carbonyl (C=O) groups excluding carboxylic acids is 1. The molecule has 0 spiro atoms. The minimum atomic E-state index is -0.573. The Bertz CT molecular complexity index is 550. The van der Waals surface area contributed by atoms with Gasteiger partial charge in [-0.25, -0.2) is 0 Å². The van der Waals surface area contributed by atoms with E-state index in [-0.39, 0.29) is 11.3 Å². The van der Waals surface area contributed by atoms with Crippen LogP contribution in [0.25, 0.3) is 0 Å². The number of methoxy groups -OCH3 is 2. The topological polar surface area (TPSA) is 38.8 Å². The monoisotopic (exact) mass is 343 g/mol. The Balaban J connectivity index is 2.37. The van der Waals surface area contributed by atoms with Gasteiger partial charge in [-0.2, -0.15) is 0 Å². The van der Waals surface area contributed by atoms with Gasteiger partial charge in [0.1, 0.15) is 16.9 Å². The molecule has 122 valence electrons. The number of ether oxygens (including phenoxy) is 2. The van der Waals surface area contributed by atoms with Crippen LogP contribution in [0.5, 0.6) is 11.5 Å². The number of hydrogen-bond acceptors (Lipinski definition) is 4. The second kappa shape index (κ2) is 7.01. The standard InChI is InChI=1S/C16H22ClNO3S/c1-16(2,10-17)15(19)18-7-8-22-14(18)12-9-11(20-3)5-6-13(12)21-4/h5-6,9,14H,7-8,10H2,1-4H3. The first-order chi connectivity index (χ1) is 10.4. The zero-order valence-electron chi connectivity index (χ0n) is 13.4. The Kier molecular flexibility index (Phi) is 5.50. The lowest BCUT2D eigenvalue weighted by Crippen LogP contribution is -2.41. The molecular weight excluding hydrogens is 322 g/mol. The number of thioether (sulfide) groups is 1. The lowest BCUT2D eigenvalue weighted by Gasteiger charge is -2.32. The molecule has 0 radical (unpaired) electrons. The van der Waals surface area contributed by atoms with E-state index < -0.39 is 5.41 Å². The molecule has 1 unspecified atom stereocenters. The molecule has 1 aromatic rings. The highest BCUT2D eigenvalue weighted by atomic mass is 35.5. The molecule has 2 rings (SSSR count). The summed E-state index contributed by atoms with van der Waals surface area (Å²) in [6.45, 7) is 4.48. The van der Waals surface area contributed by atoms with Gasteiger partial charge in [-0.1, -0.05) is 0 Å². The van der Waals surface area contributed by atoms with Crippen LogP contribution in [-0.2, 0) is 4.79 Å². The van der Waals surface area contributed by atoms with Crippen molar-refractivity contribution in [2.75, 3.05) is 32.4 Å². The van der Waals surface area contributed by atoms with Crippen LogP contribution in [0, 0.1) is 5.41 Å². The Morgan fingerprint density at radius 2 is 2.14 bits per heavy atom. The molecule has 0 N–H and O–H groups in total. The van der Waals surface area contributed by atoms with E-state index in [9.17, 15) is 4.79 Å². The molecule has 1 aliphatic heterocycles. The van der Waals surface area contributed by atoms with Crippen LogP contribution in [0.1, 0.15) is 24.8 Å². The number of carbonyl (C=O) groups is 1. The molecule has 1 amide bonds. The third-order valence-electron chi connectivity index (χ3n) is 3.77. The van der Waals surface area contributed by atoms with Gasteiger partial charge in [-0.05, 0) is 32.0 Å². The third-order valence-corrected chi connectivity index (χ3v) is 5.68. The predicted molar refractivity (Wildman–Crippen MR) is 91.0 cm³/mol. The maximum Gasteiger partial charge on any atom is 0.230 e. The summed E-state index contributed by atoms with van der Waals surface area (Å²) < 4.78 is 10.8. The van der Waals surface area contributed by atoms with Crippen LogP contribution in [0.4, 0.5) is 0 Å². The lowest BCUT2D eigenvalue weighted by molar-refractivity contribution is -0.139. The largest absolute Gasteiger partial charge is 0.497 e. The molecule has 1 aromatic carbocycles. The highest BCUT2D eigenvalue weighted by Crippen LogP contribution is 2.44. The highest BCUT2D eigenvalue weighted by Gasteiger charge is 2.39. The Hall–Kier alpha value is -1.07. The van der Waals surface area contributed by atoms with E-state index in [0.717, 1.165) is 29.4 Å². The third kappa shape index (κ3) is 3.30. The van der Waals surface area contributed by atoms with Crippen LogP contribution >= 0.6 is 23.4 Å². The summed E-state index contributed by atoms with van der Waals surface area (Å²) in [5, 5.41) is -0.0694. The van der Waals surface area contributed by atoms with E-state index in [1.54, 1.807) is 26.0 Å². The Morgan fingerprint density at radius 3 is 2.73 bits per heavy atom. The fourth-order valence-electron chi connectivity index (χ4n) is 2.41. The van der Waals surface area contributed by atoms with Crippen molar-refractivity contribution in [1.82, 2.24) is 4.90 Å². The summed E-state index contributed by atoms with van der Waals surface area (Å²) >= 11 is 7.70. The van der Waals surface area contributed by atoms with E-state index in [4.69, 9.17) is 21.1 Å². The van der Waals surface area contributed by atoms with E-state index in [0.29, 0.717) is 5.88 Å². The number of alkyl halides is 1. The molecule has 1 aliphatic rings. The van der Waals surface area contributed by atoms with Gasteiger partial charge in [-0.3, -0.25) is 4.79 Å². The van der Waals surface area contributed by atoms with Gasteiger partial charge in [0.2, 0.25) is 5.91 Å². The van der Waals surface area contributed by atoms with Crippen molar-refractivity contribution in [1.29, 1.82) is 0 Å². The van der Waals surface area contributed by atoms with Crippen molar-refractivity contribution >= 4 is 29.3 Å². The smallest absolute Gasteiger partial charge is 0.230 e. The fraction of sp³-hybridized carbons (Fsp3) is 0.562. The van der Waals surface area contributed by atoms with Gasteiger partial charge >= 0.3 is 0 Å². The van der Waals surface area contributed by atoms with Crippen LogP contribution in [0.2, 0.25) is 0 Å². The molecule has 0 bridgehead atoms. The molecule has 6 heteroatoms. The maximum atomic E-state index is 12.8. The molecule has 4 nitrogen and oxygen atoms in total. The number of hydrogen-bond donors (Lipinski definition) is 0. The normalized spacial score (nSPS) is 18.4. The van der Waals surface area contributed by atoms with Gasteiger partial charge in [-0.15, -0.1) is 23.4 Å². The quantitative estimate of drug-likeness (QED) is 0.766. The summed E-state index contributed by atoms with van der Waals surface area (Å²) in [4.78, 5) is 14.7. The Labute approximate surface area is 141 Å². The van der Waals surface area contributed by atoms with Gasteiger partial charge in [0.25, 0.3) is 0 Å². The van der Waals surface area contributed by atoms with Crippen molar-refractivity contribution in [2.45, 2.75) is 19.2 Å². The maximum absolute atomic E-state index is 12.8. The molecular formula is C16H22ClNO3S. The fourth-order valence-corrected chi connectivity index (χ4v) is 3.80. The second-order valence-corrected chi connectivity index (χ2v) is 7.30. The summed E-state index contributed by atoms with van der Waals surface area (Å²) in [7, 11) is 3.27. The minimum Gasteiger partial charge on any atom is -0.497 e. The number of halogens is 1. The predicted octanol–water partition coefficient (Wildman–Crippen LogP) is 3.54. The number of amides is 1. The van der Waals surface area contributed by atoms with Crippen LogP contribution < -0.4 is 9.47 Å². The first kappa shape index (κ1) is 17.3.